The lowest BCUT2D eigenvalue weighted by Crippen LogP contribution is -2.15. The summed E-state index contributed by atoms with van der Waals surface area (Å²) >= 11 is 0. The molecule has 6 aromatic carbocycles. The smallest absolute Gasteiger partial charge is 0.160 e. The zero-order valence-electron chi connectivity index (χ0n) is 29.5. The topological polar surface area (TPSA) is 62.5 Å². The second-order valence-corrected chi connectivity index (χ2v) is 14.0. The van der Waals surface area contributed by atoms with Crippen molar-refractivity contribution in [1.82, 2.24) is 15.0 Å². The lowest BCUT2D eigenvalue weighted by Gasteiger charge is -2.22. The van der Waals surface area contributed by atoms with Gasteiger partial charge in [0.25, 0.3) is 0 Å². The van der Waals surface area contributed by atoms with E-state index >= 15 is 0 Å². The molecule has 1 aliphatic carbocycles. The van der Waals surface area contributed by atoms with Crippen LogP contribution in [0.25, 0.3) is 78.5 Å². The van der Waals surface area contributed by atoms with Gasteiger partial charge in [0.15, 0.2) is 5.82 Å². The van der Waals surface area contributed by atoms with Gasteiger partial charge in [-0.3, -0.25) is 4.98 Å². The van der Waals surface area contributed by atoms with E-state index in [2.05, 4.69) is 117 Å². The third-order valence-corrected chi connectivity index (χ3v) is 10.4. The average Bonchev–Trinajstić information content (AvgIpc) is 3.46. The number of hydrogen-bond acceptors (Lipinski definition) is 4. The predicted molar refractivity (Wildman–Crippen MR) is 215 cm³/mol. The Hall–Kier alpha value is -6.96. The molecule has 0 N–H and O–H groups in total. The number of nitriles is 1. The van der Waals surface area contributed by atoms with Gasteiger partial charge in [0.05, 0.1) is 28.7 Å². The van der Waals surface area contributed by atoms with E-state index in [4.69, 9.17) is 15.0 Å². The summed E-state index contributed by atoms with van der Waals surface area (Å²) in [5, 5.41) is 9.66. The Labute approximate surface area is 309 Å². The number of benzene rings is 6. The Morgan fingerprint density at radius 3 is 1.62 bits per heavy atom. The highest BCUT2D eigenvalue weighted by molar-refractivity contribution is 5.86. The Bertz CT molecular complexity index is 2620. The normalized spacial score (nSPS) is 12.5. The summed E-state index contributed by atoms with van der Waals surface area (Å²) in [6, 6.07) is 58.9. The standard InChI is InChI=1S/C49H34N4/c1-49(2)43-24-32(30-50)18-21-41(43)42-22-19-36(28-44(42)49)38-25-39(45-23-20-37(31-51-45)33-12-6-3-7-13-33)27-40(26-38)47-29-46(34-14-8-4-9-15-34)52-48(53-47)35-16-10-5-11-17-35/h3-29,31H,1-2H3. The Morgan fingerprint density at radius 1 is 0.434 bits per heavy atom. The molecule has 4 heteroatoms. The Balaban J connectivity index is 1.22. The fraction of sp³-hybridized carbons (Fsp3) is 0.0612. The second-order valence-electron chi connectivity index (χ2n) is 14.0. The van der Waals surface area contributed by atoms with Crippen LogP contribution >= 0.6 is 0 Å². The molecule has 0 atom stereocenters. The van der Waals surface area contributed by atoms with E-state index in [0.29, 0.717) is 11.4 Å². The van der Waals surface area contributed by atoms with Crippen molar-refractivity contribution >= 4 is 0 Å². The summed E-state index contributed by atoms with van der Waals surface area (Å²) < 4.78 is 0. The van der Waals surface area contributed by atoms with E-state index in [1.807, 2.05) is 72.9 Å². The molecule has 53 heavy (non-hydrogen) atoms. The molecular formula is C49H34N4. The van der Waals surface area contributed by atoms with Crippen molar-refractivity contribution in [3.63, 3.8) is 0 Å². The third-order valence-electron chi connectivity index (χ3n) is 10.4. The first kappa shape index (κ1) is 32.0. The summed E-state index contributed by atoms with van der Waals surface area (Å²) in [5.74, 6) is 0.674. The van der Waals surface area contributed by atoms with Gasteiger partial charge < -0.3 is 0 Å². The number of pyridine rings is 1. The van der Waals surface area contributed by atoms with E-state index in [0.717, 1.165) is 61.6 Å². The Morgan fingerprint density at radius 2 is 0.981 bits per heavy atom. The van der Waals surface area contributed by atoms with Crippen molar-refractivity contribution in [2.24, 2.45) is 0 Å². The lowest BCUT2D eigenvalue weighted by molar-refractivity contribution is 0.660. The molecule has 0 fully saturated rings. The van der Waals surface area contributed by atoms with Gasteiger partial charge in [-0.2, -0.15) is 5.26 Å². The van der Waals surface area contributed by atoms with E-state index in [1.54, 1.807) is 0 Å². The van der Waals surface area contributed by atoms with Crippen LogP contribution in [0.3, 0.4) is 0 Å². The van der Waals surface area contributed by atoms with Gasteiger partial charge in [0.2, 0.25) is 0 Å². The van der Waals surface area contributed by atoms with Crippen molar-refractivity contribution < 1.29 is 0 Å². The summed E-state index contributed by atoms with van der Waals surface area (Å²) in [4.78, 5) is 15.2. The highest BCUT2D eigenvalue weighted by Gasteiger charge is 2.36. The predicted octanol–water partition coefficient (Wildman–Crippen LogP) is 12.1. The molecule has 250 valence electrons. The molecule has 0 unspecified atom stereocenters. The molecule has 0 bridgehead atoms. The van der Waals surface area contributed by atoms with Crippen molar-refractivity contribution in [2.45, 2.75) is 19.3 Å². The SMILES string of the molecule is CC1(C)c2cc(C#N)ccc2-c2ccc(-c3cc(-c4ccc(-c5ccccc5)cn4)cc(-c4cc(-c5ccccc5)nc(-c5ccccc5)n4)c3)cc21. The van der Waals surface area contributed by atoms with Crippen LogP contribution in [-0.4, -0.2) is 15.0 Å². The van der Waals surface area contributed by atoms with Crippen molar-refractivity contribution in [2.75, 3.05) is 0 Å². The highest BCUT2D eigenvalue weighted by Crippen LogP contribution is 2.50. The summed E-state index contributed by atoms with van der Waals surface area (Å²) in [7, 11) is 0. The van der Waals surface area contributed by atoms with Gasteiger partial charge in [-0.1, -0.05) is 129 Å². The fourth-order valence-electron chi connectivity index (χ4n) is 7.51. The van der Waals surface area contributed by atoms with Crippen LogP contribution in [0, 0.1) is 11.3 Å². The molecule has 8 aromatic rings. The zero-order valence-corrected chi connectivity index (χ0v) is 29.5. The molecule has 9 rings (SSSR count). The van der Waals surface area contributed by atoms with Crippen molar-refractivity contribution in [3.8, 4) is 84.6 Å². The van der Waals surface area contributed by atoms with Crippen LogP contribution in [0.2, 0.25) is 0 Å². The maximum atomic E-state index is 9.66. The lowest BCUT2D eigenvalue weighted by atomic mass is 9.81. The fourth-order valence-corrected chi connectivity index (χ4v) is 7.51. The monoisotopic (exact) mass is 678 g/mol. The quantitative estimate of drug-likeness (QED) is 0.176. The molecule has 0 spiro atoms. The largest absolute Gasteiger partial charge is 0.256 e. The molecule has 0 saturated heterocycles. The van der Waals surface area contributed by atoms with Gasteiger partial charge in [-0.15, -0.1) is 0 Å². The van der Waals surface area contributed by atoms with Crippen LogP contribution in [0.15, 0.2) is 170 Å². The van der Waals surface area contributed by atoms with Crippen LogP contribution in [0.4, 0.5) is 0 Å². The van der Waals surface area contributed by atoms with Gasteiger partial charge in [0.1, 0.15) is 0 Å². The molecule has 1 aliphatic rings. The molecule has 0 saturated carbocycles. The van der Waals surface area contributed by atoms with Crippen molar-refractivity contribution in [3.05, 3.63) is 187 Å². The zero-order chi connectivity index (χ0) is 35.9. The average molecular weight is 679 g/mol. The first-order valence-electron chi connectivity index (χ1n) is 17.8. The molecule has 0 aliphatic heterocycles. The van der Waals surface area contributed by atoms with Crippen LogP contribution in [-0.2, 0) is 5.41 Å². The molecule has 0 radical (unpaired) electrons. The number of rotatable bonds is 6. The van der Waals surface area contributed by atoms with Gasteiger partial charge in [-0.25, -0.2) is 9.97 Å². The minimum absolute atomic E-state index is 0.259. The molecule has 4 nitrogen and oxygen atoms in total. The number of hydrogen-bond donors (Lipinski definition) is 0. The second kappa shape index (κ2) is 13.0. The summed E-state index contributed by atoms with van der Waals surface area (Å²) in [5.41, 5.74) is 16.2. The van der Waals surface area contributed by atoms with E-state index in [-0.39, 0.29) is 5.41 Å². The molecular weight excluding hydrogens is 645 g/mol. The number of aromatic nitrogens is 3. The first-order chi connectivity index (χ1) is 25.9. The summed E-state index contributed by atoms with van der Waals surface area (Å²) in [6.45, 7) is 4.50. The van der Waals surface area contributed by atoms with Crippen LogP contribution in [0.1, 0.15) is 30.5 Å². The molecule has 2 heterocycles. The van der Waals surface area contributed by atoms with Crippen LogP contribution < -0.4 is 0 Å². The maximum absolute atomic E-state index is 9.66. The van der Waals surface area contributed by atoms with E-state index in [9.17, 15) is 5.26 Å². The number of nitrogens with zero attached hydrogens (tertiary/aromatic N) is 4. The first-order valence-corrected chi connectivity index (χ1v) is 17.8. The van der Waals surface area contributed by atoms with Gasteiger partial charge in [0, 0.05) is 39.4 Å². The van der Waals surface area contributed by atoms with E-state index in [1.165, 1.54) is 22.3 Å². The Kier molecular flexibility index (Phi) is 7.83. The number of fused-ring (bicyclic) bond motifs is 3. The van der Waals surface area contributed by atoms with Gasteiger partial charge in [-0.05, 0) is 87.5 Å². The minimum atomic E-state index is -0.259. The van der Waals surface area contributed by atoms with Crippen molar-refractivity contribution in [1.29, 1.82) is 5.26 Å². The van der Waals surface area contributed by atoms with Gasteiger partial charge >= 0.3 is 0 Å². The third kappa shape index (κ3) is 5.89. The highest BCUT2D eigenvalue weighted by atomic mass is 14.9. The molecule has 2 aromatic heterocycles. The minimum Gasteiger partial charge on any atom is -0.256 e. The molecule has 0 amide bonds. The van der Waals surface area contributed by atoms with Crippen LogP contribution in [0.5, 0.6) is 0 Å². The summed E-state index contributed by atoms with van der Waals surface area (Å²) in [6.07, 6.45) is 1.95. The van der Waals surface area contributed by atoms with E-state index < -0.39 is 0 Å². The maximum Gasteiger partial charge on any atom is 0.160 e.